The Bertz CT molecular complexity index is 1020. The van der Waals surface area contributed by atoms with E-state index in [1.54, 1.807) is 18.2 Å². The number of nitrogens with zero attached hydrogens (tertiary/aromatic N) is 2. The van der Waals surface area contributed by atoms with Gasteiger partial charge in [-0.25, -0.2) is 8.42 Å². The minimum atomic E-state index is -3.98. The Labute approximate surface area is 192 Å². The maximum atomic E-state index is 13.5. The van der Waals surface area contributed by atoms with E-state index in [4.69, 9.17) is 4.74 Å². The number of anilines is 1. The molecule has 0 saturated carbocycles. The second kappa shape index (κ2) is 10.0. The molecule has 3 rings (SSSR count). The van der Waals surface area contributed by atoms with Gasteiger partial charge in [0.1, 0.15) is 12.3 Å². The number of amides is 1. The van der Waals surface area contributed by atoms with Crippen LogP contribution in [0, 0.1) is 6.92 Å². The van der Waals surface area contributed by atoms with Gasteiger partial charge in [-0.15, -0.1) is 0 Å². The zero-order valence-corrected chi connectivity index (χ0v) is 20.4. The molecule has 1 aliphatic heterocycles. The SMILES string of the molecule is COc1ccc(S(=O)(=O)N(CC(=O)NC2CCN(C)CC2)c2ccc(C)cc2)cc1Br. The normalized spacial score (nSPS) is 15.5. The van der Waals surface area contributed by atoms with Crippen molar-refractivity contribution in [2.24, 2.45) is 0 Å². The van der Waals surface area contributed by atoms with Crippen molar-refractivity contribution in [2.45, 2.75) is 30.7 Å². The van der Waals surface area contributed by atoms with E-state index in [9.17, 15) is 13.2 Å². The topological polar surface area (TPSA) is 79.0 Å². The molecule has 1 aliphatic rings. The molecule has 9 heteroatoms. The highest BCUT2D eigenvalue weighted by atomic mass is 79.9. The largest absolute Gasteiger partial charge is 0.496 e. The molecule has 0 bridgehead atoms. The van der Waals surface area contributed by atoms with Gasteiger partial charge in [-0.2, -0.15) is 0 Å². The maximum Gasteiger partial charge on any atom is 0.264 e. The number of piperidine rings is 1. The second-order valence-electron chi connectivity index (χ2n) is 7.79. The molecule has 0 unspecified atom stereocenters. The summed E-state index contributed by atoms with van der Waals surface area (Å²) >= 11 is 3.34. The molecule has 1 fully saturated rings. The number of methoxy groups -OCH3 is 1. The average Bonchev–Trinajstić information content (AvgIpc) is 2.74. The molecule has 0 atom stereocenters. The van der Waals surface area contributed by atoms with Gasteiger partial charge in [0, 0.05) is 6.04 Å². The molecule has 7 nitrogen and oxygen atoms in total. The lowest BCUT2D eigenvalue weighted by molar-refractivity contribution is -0.120. The summed E-state index contributed by atoms with van der Waals surface area (Å²) in [6, 6.07) is 11.7. The third kappa shape index (κ3) is 5.78. The Kier molecular flexibility index (Phi) is 7.61. The molecule has 2 aromatic rings. The smallest absolute Gasteiger partial charge is 0.264 e. The van der Waals surface area contributed by atoms with E-state index in [0.717, 1.165) is 35.8 Å². The molecule has 1 heterocycles. The van der Waals surface area contributed by atoms with Crippen LogP contribution in [0.25, 0.3) is 0 Å². The van der Waals surface area contributed by atoms with Crippen LogP contribution in [0.3, 0.4) is 0 Å². The molecular weight excluding hydrogens is 482 g/mol. The quantitative estimate of drug-likeness (QED) is 0.619. The van der Waals surface area contributed by atoms with Crippen LogP contribution in [0.4, 0.5) is 5.69 Å². The fourth-order valence-electron chi connectivity index (χ4n) is 3.52. The highest BCUT2D eigenvalue weighted by Gasteiger charge is 2.29. The summed E-state index contributed by atoms with van der Waals surface area (Å²) in [5.41, 5.74) is 1.44. The zero-order valence-electron chi connectivity index (χ0n) is 18.0. The summed E-state index contributed by atoms with van der Waals surface area (Å²) in [5.74, 6) is 0.215. The Balaban J connectivity index is 1.88. The lowest BCUT2D eigenvalue weighted by atomic mass is 10.1. The number of hydrogen-bond acceptors (Lipinski definition) is 5. The predicted molar refractivity (Wildman–Crippen MR) is 125 cm³/mol. The van der Waals surface area contributed by atoms with Gasteiger partial charge in [-0.05, 0) is 86.2 Å². The van der Waals surface area contributed by atoms with Gasteiger partial charge >= 0.3 is 0 Å². The number of carbonyl (C=O) groups excluding carboxylic acids is 1. The van der Waals surface area contributed by atoms with E-state index in [1.807, 2.05) is 19.1 Å². The van der Waals surface area contributed by atoms with E-state index >= 15 is 0 Å². The molecule has 1 saturated heterocycles. The number of rotatable bonds is 7. The number of halogens is 1. The minimum Gasteiger partial charge on any atom is -0.496 e. The van der Waals surface area contributed by atoms with Crippen LogP contribution in [0.2, 0.25) is 0 Å². The van der Waals surface area contributed by atoms with Crippen molar-refractivity contribution < 1.29 is 17.9 Å². The first-order valence-electron chi connectivity index (χ1n) is 10.1. The second-order valence-corrected chi connectivity index (χ2v) is 10.5. The molecule has 31 heavy (non-hydrogen) atoms. The summed E-state index contributed by atoms with van der Waals surface area (Å²) in [6.07, 6.45) is 1.70. The molecule has 2 aromatic carbocycles. The van der Waals surface area contributed by atoms with E-state index < -0.39 is 10.0 Å². The Morgan fingerprint density at radius 1 is 1.19 bits per heavy atom. The average molecular weight is 510 g/mol. The van der Waals surface area contributed by atoms with Crippen LogP contribution in [-0.4, -0.2) is 59.1 Å². The summed E-state index contributed by atoms with van der Waals surface area (Å²) < 4.78 is 33.9. The number of sulfonamides is 1. The van der Waals surface area contributed by atoms with Crippen molar-refractivity contribution in [1.29, 1.82) is 0 Å². The van der Waals surface area contributed by atoms with Gasteiger partial charge in [0.25, 0.3) is 10.0 Å². The van der Waals surface area contributed by atoms with Crippen molar-refractivity contribution >= 4 is 37.5 Å². The highest BCUT2D eigenvalue weighted by molar-refractivity contribution is 9.10. The first-order chi connectivity index (χ1) is 14.7. The van der Waals surface area contributed by atoms with E-state index in [2.05, 4.69) is 33.2 Å². The van der Waals surface area contributed by atoms with Crippen molar-refractivity contribution in [2.75, 3.05) is 38.1 Å². The zero-order chi connectivity index (χ0) is 22.6. The van der Waals surface area contributed by atoms with Gasteiger partial charge in [0.15, 0.2) is 0 Å². The molecule has 168 valence electrons. The number of nitrogens with one attached hydrogen (secondary N) is 1. The minimum absolute atomic E-state index is 0.0569. The number of aryl methyl sites for hydroxylation is 1. The summed E-state index contributed by atoms with van der Waals surface area (Å²) in [4.78, 5) is 15.1. The number of ether oxygens (including phenoxy) is 1. The first kappa shape index (κ1) is 23.6. The molecule has 1 N–H and O–H groups in total. The van der Waals surface area contributed by atoms with Crippen LogP contribution in [0.5, 0.6) is 5.75 Å². The lowest BCUT2D eigenvalue weighted by Crippen LogP contribution is -2.47. The van der Waals surface area contributed by atoms with Gasteiger partial charge in [-0.3, -0.25) is 9.10 Å². The predicted octanol–water partition coefficient (Wildman–Crippen LogP) is 3.17. The summed E-state index contributed by atoms with van der Waals surface area (Å²) in [5, 5.41) is 3.00. The van der Waals surface area contributed by atoms with Crippen LogP contribution in [0.1, 0.15) is 18.4 Å². The van der Waals surface area contributed by atoms with Crippen LogP contribution >= 0.6 is 15.9 Å². The van der Waals surface area contributed by atoms with E-state index in [0.29, 0.717) is 15.9 Å². The third-order valence-electron chi connectivity index (χ3n) is 5.40. The van der Waals surface area contributed by atoms with Gasteiger partial charge in [0.2, 0.25) is 5.91 Å². The van der Waals surface area contributed by atoms with Gasteiger partial charge in [0.05, 0.1) is 22.2 Å². The third-order valence-corrected chi connectivity index (χ3v) is 7.79. The standard InChI is InChI=1S/C22H28BrN3O4S/c1-16-4-6-18(7-5-16)26(15-22(27)24-17-10-12-25(2)13-11-17)31(28,29)19-8-9-21(30-3)20(23)14-19/h4-9,14,17H,10-13,15H2,1-3H3,(H,24,27). The van der Waals surface area contributed by atoms with Crippen molar-refractivity contribution in [1.82, 2.24) is 10.2 Å². The van der Waals surface area contributed by atoms with Crippen LogP contribution in [0.15, 0.2) is 51.8 Å². The first-order valence-corrected chi connectivity index (χ1v) is 12.3. The Morgan fingerprint density at radius 3 is 2.42 bits per heavy atom. The molecule has 0 spiro atoms. The maximum absolute atomic E-state index is 13.5. The van der Waals surface area contributed by atoms with Crippen molar-refractivity contribution in [3.63, 3.8) is 0 Å². The molecule has 0 aliphatic carbocycles. The number of benzene rings is 2. The Morgan fingerprint density at radius 2 is 1.84 bits per heavy atom. The molecule has 1 amide bonds. The number of likely N-dealkylation sites (tertiary alicyclic amines) is 1. The fraction of sp³-hybridized carbons (Fsp3) is 0.409. The van der Waals surface area contributed by atoms with Crippen molar-refractivity contribution in [3.8, 4) is 5.75 Å². The van der Waals surface area contributed by atoms with Gasteiger partial charge in [-0.1, -0.05) is 17.7 Å². The monoisotopic (exact) mass is 509 g/mol. The highest BCUT2D eigenvalue weighted by Crippen LogP contribution is 2.30. The lowest BCUT2D eigenvalue weighted by Gasteiger charge is -2.30. The molecular formula is C22H28BrN3O4S. The van der Waals surface area contributed by atoms with E-state index in [-0.39, 0.29) is 23.4 Å². The van der Waals surface area contributed by atoms with Crippen LogP contribution < -0.4 is 14.4 Å². The summed E-state index contributed by atoms with van der Waals surface area (Å²) in [7, 11) is -0.414. The van der Waals surface area contributed by atoms with Crippen LogP contribution in [-0.2, 0) is 14.8 Å². The number of hydrogen-bond donors (Lipinski definition) is 1. The summed E-state index contributed by atoms with van der Waals surface area (Å²) in [6.45, 7) is 3.45. The van der Waals surface area contributed by atoms with Crippen molar-refractivity contribution in [3.05, 3.63) is 52.5 Å². The molecule has 0 radical (unpaired) electrons. The fourth-order valence-corrected chi connectivity index (χ4v) is 5.66. The Hall–Kier alpha value is -2.10. The van der Waals surface area contributed by atoms with Gasteiger partial charge < -0.3 is 15.0 Å². The number of carbonyl (C=O) groups is 1. The van der Waals surface area contributed by atoms with E-state index in [1.165, 1.54) is 19.2 Å². The molecule has 0 aromatic heterocycles.